The topological polar surface area (TPSA) is 46.2 Å². The Balaban J connectivity index is 4.19. The second kappa shape index (κ2) is 31.7. The van der Waals surface area contributed by atoms with Crippen LogP contribution >= 0.6 is 0 Å². The Kier molecular flexibility index (Phi) is 31.2. The minimum atomic E-state index is -0.941. The van der Waals surface area contributed by atoms with Gasteiger partial charge in [-0.2, -0.15) is 0 Å². The first kappa shape index (κ1) is 41.3. The second-order valence-corrected chi connectivity index (χ2v) is 13.4. The van der Waals surface area contributed by atoms with Crippen molar-refractivity contribution in [1.82, 2.24) is 5.32 Å². The summed E-state index contributed by atoms with van der Waals surface area (Å²) < 4.78 is 0. The highest BCUT2D eigenvalue weighted by Crippen LogP contribution is 2.22. The zero-order valence-corrected chi connectivity index (χ0v) is 29.4. The number of unbranched alkanes of at least 4 members (excludes halogenated alkanes) is 25. The molecule has 0 amide bonds. The predicted octanol–water partition coefficient (Wildman–Crippen LogP) is 12.6. The molecule has 250 valence electrons. The Morgan fingerprint density at radius 1 is 0.381 bits per heavy atom. The SMILES string of the molecule is CCCCCCCCCCCCCCCC(=O)C(CC)(NCCCC)C(=O)CCCCCCCCCCCCCCC. The molecule has 0 saturated carbocycles. The maximum Gasteiger partial charge on any atom is 0.160 e. The lowest BCUT2D eigenvalue weighted by molar-refractivity contribution is -0.137. The molecule has 0 radical (unpaired) electrons. The molecule has 0 aliphatic carbocycles. The van der Waals surface area contributed by atoms with Crippen molar-refractivity contribution >= 4 is 11.6 Å². The van der Waals surface area contributed by atoms with Gasteiger partial charge in [0, 0.05) is 12.8 Å². The lowest BCUT2D eigenvalue weighted by atomic mass is 9.81. The summed E-state index contributed by atoms with van der Waals surface area (Å²) in [6.07, 6.45) is 37.7. The highest BCUT2D eigenvalue weighted by molar-refractivity contribution is 6.11. The summed E-state index contributed by atoms with van der Waals surface area (Å²) in [5.41, 5.74) is -0.941. The van der Waals surface area contributed by atoms with E-state index in [1.54, 1.807) is 0 Å². The van der Waals surface area contributed by atoms with Crippen LogP contribution in [0.2, 0.25) is 0 Å². The minimum absolute atomic E-state index is 0.156. The van der Waals surface area contributed by atoms with Crippen LogP contribution in [0.25, 0.3) is 0 Å². The van der Waals surface area contributed by atoms with Gasteiger partial charge < -0.3 is 0 Å². The Morgan fingerprint density at radius 3 is 0.905 bits per heavy atom. The van der Waals surface area contributed by atoms with E-state index in [1.165, 1.54) is 141 Å². The van der Waals surface area contributed by atoms with Gasteiger partial charge in [-0.1, -0.05) is 188 Å². The molecule has 0 bridgehead atoms. The molecule has 0 rings (SSSR count). The molecule has 0 aromatic carbocycles. The minimum Gasteiger partial charge on any atom is -0.299 e. The fourth-order valence-electron chi connectivity index (χ4n) is 6.38. The van der Waals surface area contributed by atoms with Crippen LogP contribution in [0.1, 0.15) is 227 Å². The molecule has 0 heterocycles. The van der Waals surface area contributed by atoms with Crippen molar-refractivity contribution in [2.45, 2.75) is 232 Å². The van der Waals surface area contributed by atoms with Crippen LogP contribution < -0.4 is 5.32 Å². The summed E-state index contributed by atoms with van der Waals surface area (Å²) in [6, 6.07) is 0. The Bertz CT molecular complexity index is 545. The molecule has 0 unspecified atom stereocenters. The molecule has 3 heteroatoms. The smallest absolute Gasteiger partial charge is 0.160 e. The van der Waals surface area contributed by atoms with E-state index < -0.39 is 5.54 Å². The highest BCUT2D eigenvalue weighted by atomic mass is 16.2. The largest absolute Gasteiger partial charge is 0.299 e. The van der Waals surface area contributed by atoms with Gasteiger partial charge in [-0.15, -0.1) is 0 Å². The number of hydrogen-bond acceptors (Lipinski definition) is 3. The van der Waals surface area contributed by atoms with Gasteiger partial charge in [-0.05, 0) is 32.2 Å². The number of carbonyl (C=O) groups is 2. The number of ketones is 2. The van der Waals surface area contributed by atoms with E-state index in [0.29, 0.717) is 19.3 Å². The van der Waals surface area contributed by atoms with Gasteiger partial charge >= 0.3 is 0 Å². The maximum absolute atomic E-state index is 13.5. The van der Waals surface area contributed by atoms with Crippen molar-refractivity contribution in [3.63, 3.8) is 0 Å². The van der Waals surface area contributed by atoms with Crippen molar-refractivity contribution in [3.8, 4) is 0 Å². The molecule has 0 saturated heterocycles. The van der Waals surface area contributed by atoms with E-state index in [2.05, 4.69) is 26.1 Å². The summed E-state index contributed by atoms with van der Waals surface area (Å²) >= 11 is 0. The average Bonchev–Trinajstić information content (AvgIpc) is 3.00. The number of carbonyl (C=O) groups excluding carboxylic acids is 2. The Labute approximate surface area is 264 Å². The Hall–Kier alpha value is -0.700. The van der Waals surface area contributed by atoms with Crippen molar-refractivity contribution in [1.29, 1.82) is 0 Å². The van der Waals surface area contributed by atoms with Crippen LogP contribution in [0.15, 0.2) is 0 Å². The molecule has 0 spiro atoms. The standard InChI is InChI=1S/C39H77NO2/c1-5-9-12-14-16-18-20-22-24-26-28-30-32-34-37(41)39(8-4,40-36-11-7-3)38(42)35-33-31-29-27-25-23-21-19-17-15-13-10-6-2/h40H,5-36H2,1-4H3. The molecule has 0 aliphatic rings. The predicted molar refractivity (Wildman–Crippen MR) is 187 cm³/mol. The summed E-state index contributed by atoms with van der Waals surface area (Å²) in [5, 5.41) is 3.48. The third-order valence-corrected chi connectivity index (χ3v) is 9.45. The first-order chi connectivity index (χ1) is 20.6. The molecule has 0 fully saturated rings. The summed E-state index contributed by atoms with van der Waals surface area (Å²) in [7, 11) is 0. The maximum atomic E-state index is 13.5. The number of rotatable bonds is 35. The van der Waals surface area contributed by atoms with Gasteiger partial charge in [0.15, 0.2) is 11.6 Å². The fraction of sp³-hybridized carbons (Fsp3) is 0.949. The van der Waals surface area contributed by atoms with Crippen LogP contribution in [0.5, 0.6) is 0 Å². The quantitative estimate of drug-likeness (QED) is 0.0589. The van der Waals surface area contributed by atoms with Gasteiger partial charge in [-0.25, -0.2) is 0 Å². The summed E-state index contributed by atoms with van der Waals surface area (Å²) in [6.45, 7) is 9.52. The van der Waals surface area contributed by atoms with Crippen molar-refractivity contribution < 1.29 is 9.59 Å². The van der Waals surface area contributed by atoms with Gasteiger partial charge in [0.25, 0.3) is 0 Å². The van der Waals surface area contributed by atoms with E-state index in [0.717, 1.165) is 45.1 Å². The van der Waals surface area contributed by atoms with Crippen molar-refractivity contribution in [3.05, 3.63) is 0 Å². The first-order valence-electron chi connectivity index (χ1n) is 19.4. The highest BCUT2D eigenvalue weighted by Gasteiger charge is 2.41. The van der Waals surface area contributed by atoms with Crippen LogP contribution in [-0.4, -0.2) is 23.7 Å². The number of nitrogens with one attached hydrogen (secondary N) is 1. The van der Waals surface area contributed by atoms with Gasteiger partial charge in [0.2, 0.25) is 0 Å². The van der Waals surface area contributed by atoms with E-state index in [4.69, 9.17) is 0 Å². The van der Waals surface area contributed by atoms with Crippen molar-refractivity contribution in [2.75, 3.05) is 6.54 Å². The lowest BCUT2D eigenvalue weighted by Gasteiger charge is -2.31. The molecule has 42 heavy (non-hydrogen) atoms. The zero-order chi connectivity index (χ0) is 31.0. The van der Waals surface area contributed by atoms with Crippen LogP contribution in [0, 0.1) is 0 Å². The summed E-state index contributed by atoms with van der Waals surface area (Å²) in [4.78, 5) is 27.0. The third kappa shape index (κ3) is 22.8. The zero-order valence-electron chi connectivity index (χ0n) is 29.4. The van der Waals surface area contributed by atoms with E-state index in [9.17, 15) is 9.59 Å². The average molecular weight is 592 g/mol. The summed E-state index contributed by atoms with van der Waals surface area (Å²) in [5.74, 6) is 0.313. The second-order valence-electron chi connectivity index (χ2n) is 13.4. The fourth-order valence-corrected chi connectivity index (χ4v) is 6.38. The number of hydrogen-bond donors (Lipinski definition) is 1. The van der Waals surface area contributed by atoms with E-state index in [1.807, 2.05) is 6.92 Å². The molecule has 1 N–H and O–H groups in total. The normalized spacial score (nSPS) is 11.8. The molecular formula is C39H77NO2. The molecule has 0 aromatic rings. The molecule has 0 aromatic heterocycles. The lowest BCUT2D eigenvalue weighted by Crippen LogP contribution is -2.58. The number of Topliss-reactive ketones (excluding diaryl/α,β-unsaturated/α-hetero) is 2. The van der Waals surface area contributed by atoms with Crippen LogP contribution in [0.4, 0.5) is 0 Å². The first-order valence-corrected chi connectivity index (χ1v) is 19.4. The van der Waals surface area contributed by atoms with Gasteiger partial charge in [0.1, 0.15) is 5.54 Å². The van der Waals surface area contributed by atoms with Crippen molar-refractivity contribution in [2.24, 2.45) is 0 Å². The third-order valence-electron chi connectivity index (χ3n) is 9.45. The molecule has 0 atom stereocenters. The van der Waals surface area contributed by atoms with Gasteiger partial charge in [0.05, 0.1) is 0 Å². The Morgan fingerprint density at radius 2 is 0.643 bits per heavy atom. The van der Waals surface area contributed by atoms with E-state index >= 15 is 0 Å². The molecular weight excluding hydrogens is 514 g/mol. The van der Waals surface area contributed by atoms with Crippen LogP contribution in [-0.2, 0) is 9.59 Å². The van der Waals surface area contributed by atoms with E-state index in [-0.39, 0.29) is 11.6 Å². The monoisotopic (exact) mass is 592 g/mol. The van der Waals surface area contributed by atoms with Crippen LogP contribution in [0.3, 0.4) is 0 Å². The molecule has 3 nitrogen and oxygen atoms in total. The van der Waals surface area contributed by atoms with Gasteiger partial charge in [-0.3, -0.25) is 14.9 Å². The molecule has 0 aliphatic heterocycles.